The molecule has 0 radical (unpaired) electrons. The number of pyridine rings is 1. The number of esters is 1. The maximum Gasteiger partial charge on any atom is 0.327 e. The Balaban J connectivity index is 2.30. The normalized spacial score (nSPS) is 18.6. The van der Waals surface area contributed by atoms with E-state index in [1.165, 1.54) is 7.11 Å². The van der Waals surface area contributed by atoms with Crippen molar-refractivity contribution >= 4 is 5.97 Å². The molecule has 1 aliphatic rings. The van der Waals surface area contributed by atoms with Crippen LogP contribution in [0.3, 0.4) is 0 Å². The van der Waals surface area contributed by atoms with Gasteiger partial charge in [0.2, 0.25) is 0 Å². The number of carbonyl (C=O) groups excluding carboxylic acids is 1. The molecule has 1 fully saturated rings. The first-order valence-electron chi connectivity index (χ1n) is 6.67. The van der Waals surface area contributed by atoms with Crippen molar-refractivity contribution in [1.29, 1.82) is 0 Å². The van der Waals surface area contributed by atoms with Gasteiger partial charge in [-0.3, -0.25) is 9.88 Å². The van der Waals surface area contributed by atoms with Crippen LogP contribution in [-0.4, -0.2) is 49.1 Å². The Labute approximate surface area is 114 Å². The number of hydrogen-bond donors (Lipinski definition) is 1. The summed E-state index contributed by atoms with van der Waals surface area (Å²) < 4.78 is 4.99. The molecule has 2 rings (SSSR count). The van der Waals surface area contributed by atoms with Crippen molar-refractivity contribution in [3.05, 3.63) is 29.6 Å². The molecule has 0 bridgehead atoms. The third-order valence-electron chi connectivity index (χ3n) is 3.54. The van der Waals surface area contributed by atoms with Gasteiger partial charge in [-0.05, 0) is 31.5 Å². The Kier molecular flexibility index (Phi) is 4.87. The van der Waals surface area contributed by atoms with Crippen LogP contribution in [0.25, 0.3) is 0 Å². The van der Waals surface area contributed by atoms with Gasteiger partial charge >= 0.3 is 5.97 Å². The number of nitrogens with zero attached hydrogens (tertiary/aromatic N) is 2. The summed E-state index contributed by atoms with van der Waals surface area (Å²) >= 11 is 0. The molecular formula is C14H21N3O2. The number of ether oxygens (including phenoxy) is 1. The molecule has 2 heterocycles. The highest BCUT2D eigenvalue weighted by molar-refractivity contribution is 5.78. The first-order chi connectivity index (χ1) is 9.24. The van der Waals surface area contributed by atoms with Crippen molar-refractivity contribution in [2.45, 2.75) is 19.4 Å². The van der Waals surface area contributed by atoms with Crippen LogP contribution in [0.2, 0.25) is 0 Å². The molecule has 19 heavy (non-hydrogen) atoms. The van der Waals surface area contributed by atoms with E-state index in [1.54, 1.807) is 12.4 Å². The van der Waals surface area contributed by atoms with Crippen LogP contribution >= 0.6 is 0 Å². The number of nitrogens with one attached hydrogen (secondary N) is 1. The molecule has 0 aromatic carbocycles. The van der Waals surface area contributed by atoms with Gasteiger partial charge in [-0.2, -0.15) is 0 Å². The predicted molar refractivity (Wildman–Crippen MR) is 72.8 cm³/mol. The van der Waals surface area contributed by atoms with E-state index in [-0.39, 0.29) is 12.0 Å². The highest BCUT2D eigenvalue weighted by Gasteiger charge is 2.30. The molecule has 1 unspecified atom stereocenters. The minimum Gasteiger partial charge on any atom is -0.468 e. The lowest BCUT2D eigenvalue weighted by Crippen LogP contribution is -2.37. The summed E-state index contributed by atoms with van der Waals surface area (Å²) in [7, 11) is 1.44. The van der Waals surface area contributed by atoms with Crippen LogP contribution in [0.5, 0.6) is 0 Å². The molecule has 104 valence electrons. The molecule has 1 aliphatic heterocycles. The van der Waals surface area contributed by atoms with Crippen molar-refractivity contribution in [3.63, 3.8) is 0 Å². The van der Waals surface area contributed by atoms with Crippen molar-refractivity contribution in [2.24, 2.45) is 0 Å². The molecule has 5 heteroatoms. The van der Waals surface area contributed by atoms with Crippen LogP contribution in [0.15, 0.2) is 18.5 Å². The van der Waals surface area contributed by atoms with Crippen LogP contribution in [0.4, 0.5) is 0 Å². The molecule has 0 spiro atoms. The molecule has 0 amide bonds. The molecule has 1 N–H and O–H groups in total. The van der Waals surface area contributed by atoms with E-state index in [1.807, 2.05) is 13.0 Å². The first-order valence-corrected chi connectivity index (χ1v) is 6.67. The average molecular weight is 263 g/mol. The predicted octanol–water partition coefficient (Wildman–Crippen LogP) is 0.899. The molecule has 1 aromatic heterocycles. The number of aromatic nitrogens is 1. The van der Waals surface area contributed by atoms with E-state index in [4.69, 9.17) is 4.74 Å². The maximum absolute atomic E-state index is 12.2. The fourth-order valence-electron chi connectivity index (χ4n) is 2.47. The van der Waals surface area contributed by atoms with Gasteiger partial charge in [0.25, 0.3) is 0 Å². The van der Waals surface area contributed by atoms with E-state index < -0.39 is 0 Å². The fraction of sp³-hybridized carbons (Fsp3) is 0.571. The quantitative estimate of drug-likeness (QED) is 0.821. The SMILES string of the molecule is COC(=O)C(c1cnccc1C)N1CCCNCC1. The van der Waals surface area contributed by atoms with Gasteiger partial charge < -0.3 is 10.1 Å². The summed E-state index contributed by atoms with van der Waals surface area (Å²) in [6.07, 6.45) is 4.55. The molecule has 1 atom stereocenters. The Hall–Kier alpha value is -1.46. The van der Waals surface area contributed by atoms with E-state index in [2.05, 4.69) is 15.2 Å². The highest BCUT2D eigenvalue weighted by Crippen LogP contribution is 2.25. The van der Waals surface area contributed by atoms with Crippen molar-refractivity contribution in [3.8, 4) is 0 Å². The van der Waals surface area contributed by atoms with Gasteiger partial charge in [-0.25, -0.2) is 4.79 Å². The zero-order chi connectivity index (χ0) is 13.7. The van der Waals surface area contributed by atoms with Crippen molar-refractivity contribution in [2.75, 3.05) is 33.3 Å². The fourth-order valence-corrected chi connectivity index (χ4v) is 2.47. The lowest BCUT2D eigenvalue weighted by atomic mass is 10.0. The Morgan fingerprint density at radius 2 is 2.32 bits per heavy atom. The maximum atomic E-state index is 12.2. The topological polar surface area (TPSA) is 54.5 Å². The second-order valence-corrected chi connectivity index (χ2v) is 4.80. The number of methoxy groups -OCH3 is 1. The minimum atomic E-state index is -0.349. The van der Waals surface area contributed by atoms with Crippen LogP contribution in [-0.2, 0) is 9.53 Å². The second kappa shape index (κ2) is 6.63. The Morgan fingerprint density at radius 1 is 1.47 bits per heavy atom. The van der Waals surface area contributed by atoms with Gasteiger partial charge in [-0.15, -0.1) is 0 Å². The number of aryl methyl sites for hydroxylation is 1. The summed E-state index contributed by atoms with van der Waals surface area (Å²) in [5.74, 6) is -0.210. The summed E-state index contributed by atoms with van der Waals surface area (Å²) in [5.41, 5.74) is 2.01. The molecule has 0 saturated carbocycles. The van der Waals surface area contributed by atoms with Crippen molar-refractivity contribution < 1.29 is 9.53 Å². The van der Waals surface area contributed by atoms with Crippen LogP contribution in [0, 0.1) is 6.92 Å². The van der Waals surface area contributed by atoms with Crippen LogP contribution < -0.4 is 5.32 Å². The zero-order valence-corrected chi connectivity index (χ0v) is 11.6. The van der Waals surface area contributed by atoms with E-state index in [0.29, 0.717) is 0 Å². The summed E-state index contributed by atoms with van der Waals surface area (Å²) in [5, 5.41) is 3.35. The molecule has 1 aromatic rings. The number of rotatable bonds is 3. The summed E-state index contributed by atoms with van der Waals surface area (Å²) in [4.78, 5) is 18.5. The highest BCUT2D eigenvalue weighted by atomic mass is 16.5. The summed E-state index contributed by atoms with van der Waals surface area (Å²) in [6.45, 7) is 5.63. The standard InChI is InChI=1S/C14H21N3O2/c1-11-4-6-16-10-12(11)13(14(18)19-2)17-8-3-5-15-7-9-17/h4,6,10,13,15H,3,5,7-9H2,1-2H3. The van der Waals surface area contributed by atoms with E-state index >= 15 is 0 Å². The Morgan fingerprint density at radius 3 is 3.05 bits per heavy atom. The van der Waals surface area contributed by atoms with Crippen molar-refractivity contribution in [1.82, 2.24) is 15.2 Å². The monoisotopic (exact) mass is 263 g/mol. The Bertz CT molecular complexity index is 428. The average Bonchev–Trinajstić information content (AvgIpc) is 2.70. The van der Waals surface area contributed by atoms with Gasteiger partial charge in [-0.1, -0.05) is 0 Å². The number of hydrogen-bond acceptors (Lipinski definition) is 5. The van der Waals surface area contributed by atoms with Gasteiger partial charge in [0.1, 0.15) is 6.04 Å². The van der Waals surface area contributed by atoms with E-state index in [0.717, 1.165) is 43.7 Å². The lowest BCUT2D eigenvalue weighted by molar-refractivity contribution is -0.147. The first kappa shape index (κ1) is 14.0. The smallest absolute Gasteiger partial charge is 0.327 e. The molecular weight excluding hydrogens is 242 g/mol. The molecule has 1 saturated heterocycles. The largest absolute Gasteiger partial charge is 0.468 e. The van der Waals surface area contributed by atoms with Gasteiger partial charge in [0.15, 0.2) is 0 Å². The van der Waals surface area contributed by atoms with Crippen LogP contribution in [0.1, 0.15) is 23.6 Å². The lowest BCUT2D eigenvalue weighted by Gasteiger charge is -2.29. The van der Waals surface area contributed by atoms with Gasteiger partial charge in [0, 0.05) is 37.6 Å². The second-order valence-electron chi connectivity index (χ2n) is 4.80. The zero-order valence-electron chi connectivity index (χ0n) is 11.6. The van der Waals surface area contributed by atoms with Gasteiger partial charge in [0.05, 0.1) is 7.11 Å². The third kappa shape index (κ3) is 3.30. The molecule has 5 nitrogen and oxygen atoms in total. The number of carbonyl (C=O) groups is 1. The summed E-state index contributed by atoms with van der Waals surface area (Å²) in [6, 6.07) is 1.58. The molecule has 0 aliphatic carbocycles. The van der Waals surface area contributed by atoms with E-state index in [9.17, 15) is 4.79 Å². The minimum absolute atomic E-state index is 0.210. The third-order valence-corrected chi connectivity index (χ3v) is 3.54.